The van der Waals surface area contributed by atoms with Crippen LogP contribution in [0, 0.1) is 12.8 Å². The van der Waals surface area contributed by atoms with Gasteiger partial charge in [0.1, 0.15) is 17.4 Å². The quantitative estimate of drug-likeness (QED) is 0.684. The zero-order chi connectivity index (χ0) is 21.8. The number of benzene rings is 1. The second kappa shape index (κ2) is 9.16. The minimum atomic E-state index is -0.752. The molecule has 0 spiro atoms. The minimum absolute atomic E-state index is 0.106. The topological polar surface area (TPSA) is 89.4 Å². The van der Waals surface area contributed by atoms with E-state index < -0.39 is 12.1 Å². The molecule has 0 saturated carbocycles. The number of carbonyl (C=O) groups excluding carboxylic acids is 2. The smallest absolute Gasteiger partial charge is 0.407 e. The Labute approximate surface area is 181 Å². The van der Waals surface area contributed by atoms with E-state index in [1.165, 1.54) is 7.11 Å². The molecule has 1 aromatic carbocycles. The van der Waals surface area contributed by atoms with E-state index in [9.17, 15) is 9.59 Å². The maximum absolute atomic E-state index is 13.2. The van der Waals surface area contributed by atoms with Crippen molar-refractivity contribution in [2.75, 3.05) is 20.2 Å². The fourth-order valence-electron chi connectivity index (χ4n) is 4.22. The van der Waals surface area contributed by atoms with Gasteiger partial charge in [-0.2, -0.15) is 0 Å². The van der Waals surface area contributed by atoms with E-state index in [0.29, 0.717) is 19.0 Å². The third kappa shape index (κ3) is 4.52. The summed E-state index contributed by atoms with van der Waals surface area (Å²) in [6, 6.07) is 10.5. The zero-order valence-electron chi connectivity index (χ0n) is 17.8. The summed E-state index contributed by atoms with van der Waals surface area (Å²) in [4.78, 5) is 35.7. The fraction of sp³-hybridized carbons (Fsp3) is 0.391. The molecule has 1 aliphatic rings. The van der Waals surface area contributed by atoms with Gasteiger partial charge in [-0.05, 0) is 37.3 Å². The molecule has 0 radical (unpaired) electrons. The number of amides is 2. The molecule has 2 amide bonds. The number of hydrogen-bond acceptors (Lipinski definition) is 5. The van der Waals surface area contributed by atoms with Crippen LogP contribution in [0.4, 0.5) is 4.79 Å². The third-order valence-electron chi connectivity index (χ3n) is 5.94. The second-order valence-electron chi connectivity index (χ2n) is 7.88. The first-order chi connectivity index (χ1) is 15.1. The van der Waals surface area contributed by atoms with E-state index in [4.69, 9.17) is 4.74 Å². The lowest BCUT2D eigenvalue weighted by Crippen LogP contribution is -2.46. The van der Waals surface area contributed by atoms with Crippen LogP contribution >= 0.6 is 0 Å². The number of nitrogens with zero attached hydrogens (tertiary/aromatic N) is 4. The molecule has 1 N–H and O–H groups in total. The van der Waals surface area contributed by atoms with Gasteiger partial charge in [-0.1, -0.05) is 30.3 Å². The van der Waals surface area contributed by atoms with Gasteiger partial charge in [0.2, 0.25) is 5.91 Å². The molecule has 1 fully saturated rings. The molecular weight excluding hydrogens is 394 g/mol. The average molecular weight is 422 g/mol. The van der Waals surface area contributed by atoms with Crippen LogP contribution in [0.3, 0.4) is 0 Å². The summed E-state index contributed by atoms with van der Waals surface area (Å²) >= 11 is 0. The number of aryl methyl sites for hydroxylation is 1. The highest BCUT2D eigenvalue weighted by atomic mass is 16.5. The number of rotatable bonds is 5. The highest BCUT2D eigenvalue weighted by Gasteiger charge is 2.31. The number of piperidine rings is 1. The van der Waals surface area contributed by atoms with Crippen molar-refractivity contribution in [2.45, 2.75) is 32.4 Å². The zero-order valence-corrected chi connectivity index (χ0v) is 17.8. The normalized spacial score (nSPS) is 15.6. The Bertz CT molecular complexity index is 1060. The first-order valence-electron chi connectivity index (χ1n) is 10.5. The Morgan fingerprint density at radius 2 is 1.94 bits per heavy atom. The predicted octanol–water partition coefficient (Wildman–Crippen LogP) is 3.08. The number of hydrogen-bond donors (Lipinski definition) is 1. The molecule has 31 heavy (non-hydrogen) atoms. The van der Waals surface area contributed by atoms with Gasteiger partial charge < -0.3 is 19.5 Å². The van der Waals surface area contributed by atoms with Gasteiger partial charge in [0.25, 0.3) is 0 Å². The molecule has 162 valence electrons. The number of pyridine rings is 1. The van der Waals surface area contributed by atoms with Gasteiger partial charge in [0.05, 0.1) is 18.8 Å². The highest BCUT2D eigenvalue weighted by molar-refractivity contribution is 5.87. The van der Waals surface area contributed by atoms with Crippen molar-refractivity contribution in [1.29, 1.82) is 0 Å². The maximum atomic E-state index is 13.2. The van der Waals surface area contributed by atoms with Crippen molar-refractivity contribution in [1.82, 2.24) is 24.8 Å². The first kappa shape index (κ1) is 20.8. The predicted molar refractivity (Wildman–Crippen MR) is 116 cm³/mol. The Balaban J connectivity index is 1.42. The van der Waals surface area contributed by atoms with Crippen LogP contribution in [0.2, 0.25) is 0 Å². The summed E-state index contributed by atoms with van der Waals surface area (Å²) in [5.41, 5.74) is 2.75. The molecular formula is C23H27N5O3. The van der Waals surface area contributed by atoms with Crippen molar-refractivity contribution in [3.05, 3.63) is 60.2 Å². The number of aromatic nitrogens is 3. The second-order valence-corrected chi connectivity index (χ2v) is 7.88. The SMILES string of the molecule is COC(=O)N[C@@H](C(=O)N1CCC(Cn2c(C)nc3cnccc32)CC1)c1ccccc1. The van der Waals surface area contributed by atoms with E-state index >= 15 is 0 Å². The lowest BCUT2D eigenvalue weighted by atomic mass is 9.95. The van der Waals surface area contributed by atoms with Crippen LogP contribution in [-0.4, -0.2) is 51.6 Å². The Morgan fingerprint density at radius 3 is 2.65 bits per heavy atom. The lowest BCUT2D eigenvalue weighted by molar-refractivity contribution is -0.135. The summed E-state index contributed by atoms with van der Waals surface area (Å²) in [5, 5.41) is 2.68. The number of nitrogens with one attached hydrogen (secondary N) is 1. The molecule has 1 aliphatic heterocycles. The van der Waals surface area contributed by atoms with Gasteiger partial charge in [-0.25, -0.2) is 9.78 Å². The minimum Gasteiger partial charge on any atom is -0.453 e. The molecule has 2 aromatic heterocycles. The van der Waals surface area contributed by atoms with Crippen molar-refractivity contribution in [3.63, 3.8) is 0 Å². The monoisotopic (exact) mass is 421 g/mol. The maximum Gasteiger partial charge on any atom is 0.407 e. The van der Waals surface area contributed by atoms with E-state index in [1.54, 1.807) is 12.4 Å². The van der Waals surface area contributed by atoms with Gasteiger partial charge in [-0.15, -0.1) is 0 Å². The lowest BCUT2D eigenvalue weighted by Gasteiger charge is -2.34. The van der Waals surface area contributed by atoms with Crippen LogP contribution in [-0.2, 0) is 16.1 Å². The Kier molecular flexibility index (Phi) is 6.16. The van der Waals surface area contributed by atoms with Crippen molar-refractivity contribution >= 4 is 23.0 Å². The summed E-state index contributed by atoms with van der Waals surface area (Å²) in [5.74, 6) is 1.33. The van der Waals surface area contributed by atoms with Crippen LogP contribution in [0.25, 0.3) is 11.0 Å². The van der Waals surface area contributed by atoms with Crippen molar-refractivity contribution in [2.24, 2.45) is 5.92 Å². The number of fused-ring (bicyclic) bond motifs is 1. The number of ether oxygens (including phenoxy) is 1. The van der Waals surface area contributed by atoms with E-state index in [0.717, 1.165) is 41.8 Å². The molecule has 4 rings (SSSR count). The Morgan fingerprint density at radius 1 is 1.19 bits per heavy atom. The van der Waals surface area contributed by atoms with E-state index in [2.05, 4.69) is 19.9 Å². The number of imidazole rings is 1. The summed E-state index contributed by atoms with van der Waals surface area (Å²) in [7, 11) is 1.30. The molecule has 8 heteroatoms. The van der Waals surface area contributed by atoms with Gasteiger partial charge in [0, 0.05) is 25.8 Å². The van der Waals surface area contributed by atoms with Crippen LogP contribution in [0.15, 0.2) is 48.8 Å². The van der Waals surface area contributed by atoms with E-state index in [-0.39, 0.29) is 5.91 Å². The standard InChI is InChI=1S/C23H27N5O3/c1-16-25-19-14-24-11-8-20(19)28(16)15-17-9-12-27(13-10-17)22(29)21(26-23(30)31-2)18-6-4-3-5-7-18/h3-8,11,14,17,21H,9-10,12-13,15H2,1-2H3,(H,26,30)/t21-/m1/s1. The van der Waals surface area contributed by atoms with Crippen molar-refractivity contribution < 1.29 is 14.3 Å². The van der Waals surface area contributed by atoms with Crippen LogP contribution < -0.4 is 5.32 Å². The number of carbonyl (C=O) groups is 2. The molecule has 1 atom stereocenters. The van der Waals surface area contributed by atoms with Crippen LogP contribution in [0.1, 0.15) is 30.3 Å². The van der Waals surface area contributed by atoms with Gasteiger partial charge >= 0.3 is 6.09 Å². The summed E-state index contributed by atoms with van der Waals surface area (Å²) < 4.78 is 6.97. The van der Waals surface area contributed by atoms with Gasteiger partial charge in [-0.3, -0.25) is 9.78 Å². The molecule has 0 aliphatic carbocycles. The molecule has 1 saturated heterocycles. The summed E-state index contributed by atoms with van der Waals surface area (Å²) in [6.45, 7) is 4.20. The summed E-state index contributed by atoms with van der Waals surface area (Å²) in [6.07, 6.45) is 4.76. The Hall–Kier alpha value is -3.42. The molecule has 8 nitrogen and oxygen atoms in total. The number of likely N-dealkylation sites (tertiary alicyclic amines) is 1. The third-order valence-corrected chi connectivity index (χ3v) is 5.94. The number of methoxy groups -OCH3 is 1. The molecule has 3 aromatic rings. The first-order valence-corrected chi connectivity index (χ1v) is 10.5. The molecule has 0 bridgehead atoms. The average Bonchev–Trinajstić information content (AvgIpc) is 3.13. The highest BCUT2D eigenvalue weighted by Crippen LogP contribution is 2.25. The largest absolute Gasteiger partial charge is 0.453 e. The van der Waals surface area contributed by atoms with Gasteiger partial charge in [0.15, 0.2) is 0 Å². The van der Waals surface area contributed by atoms with E-state index in [1.807, 2.05) is 48.2 Å². The molecule has 3 heterocycles. The van der Waals surface area contributed by atoms with Crippen molar-refractivity contribution in [3.8, 4) is 0 Å². The van der Waals surface area contributed by atoms with Crippen LogP contribution in [0.5, 0.6) is 0 Å². The number of alkyl carbamates (subject to hydrolysis) is 1. The fourth-order valence-corrected chi connectivity index (χ4v) is 4.22. The molecule has 0 unspecified atom stereocenters.